The lowest BCUT2D eigenvalue weighted by atomic mass is 10.0. The van der Waals surface area contributed by atoms with E-state index in [1.54, 1.807) is 6.07 Å². The molecule has 1 aliphatic heterocycles. The van der Waals surface area contributed by atoms with Crippen LogP contribution in [0.1, 0.15) is 35.3 Å². The fourth-order valence-electron chi connectivity index (χ4n) is 4.00. The van der Waals surface area contributed by atoms with Crippen molar-refractivity contribution in [2.45, 2.75) is 32.2 Å². The van der Waals surface area contributed by atoms with Crippen LogP contribution in [-0.4, -0.2) is 79.0 Å². The monoisotopic (exact) mass is 386 g/mol. The highest BCUT2D eigenvalue weighted by Gasteiger charge is 2.27. The minimum atomic E-state index is -0.332. The molecular formula is C22H31FN4O. The Morgan fingerprint density at radius 2 is 2.04 bits per heavy atom. The van der Waals surface area contributed by atoms with Crippen molar-refractivity contribution in [3.05, 3.63) is 41.3 Å². The molecular weight excluding hydrogens is 355 g/mol. The third kappa shape index (κ3) is 4.86. The van der Waals surface area contributed by atoms with Crippen LogP contribution in [0.2, 0.25) is 0 Å². The van der Waals surface area contributed by atoms with Crippen LogP contribution >= 0.6 is 0 Å². The predicted molar refractivity (Wildman–Crippen MR) is 111 cm³/mol. The molecule has 1 amide bonds. The second-order valence-corrected chi connectivity index (χ2v) is 8.16. The third-order valence-electron chi connectivity index (χ3n) is 5.55. The molecule has 3 rings (SSSR count). The van der Waals surface area contributed by atoms with E-state index in [1.165, 1.54) is 12.1 Å². The van der Waals surface area contributed by atoms with Crippen LogP contribution in [0.5, 0.6) is 0 Å². The Morgan fingerprint density at radius 3 is 2.79 bits per heavy atom. The zero-order valence-electron chi connectivity index (χ0n) is 17.4. The van der Waals surface area contributed by atoms with Crippen LogP contribution in [0.15, 0.2) is 24.3 Å². The van der Waals surface area contributed by atoms with Crippen molar-refractivity contribution < 1.29 is 9.18 Å². The highest BCUT2D eigenvalue weighted by molar-refractivity contribution is 6.06. The average molecular weight is 387 g/mol. The summed E-state index contributed by atoms with van der Waals surface area (Å²) in [5.74, 6) is -0.310. The molecule has 2 aromatic rings. The maximum Gasteiger partial charge on any atom is 0.254 e. The Labute approximate surface area is 167 Å². The van der Waals surface area contributed by atoms with Crippen LogP contribution in [0.3, 0.4) is 0 Å². The summed E-state index contributed by atoms with van der Waals surface area (Å²) >= 11 is 0. The lowest BCUT2D eigenvalue weighted by Gasteiger charge is -2.38. The summed E-state index contributed by atoms with van der Waals surface area (Å²) in [7, 11) is 6.34. The summed E-state index contributed by atoms with van der Waals surface area (Å²) in [5.41, 5.74) is 1.90. The Balaban J connectivity index is 1.75. The van der Waals surface area contributed by atoms with Crippen LogP contribution in [0, 0.1) is 12.7 Å². The lowest BCUT2D eigenvalue weighted by Crippen LogP contribution is -2.49. The van der Waals surface area contributed by atoms with Gasteiger partial charge in [-0.1, -0.05) is 0 Å². The van der Waals surface area contributed by atoms with Crippen molar-refractivity contribution in [1.29, 1.82) is 0 Å². The molecule has 1 fully saturated rings. The molecule has 0 bridgehead atoms. The maximum atomic E-state index is 13.6. The van der Waals surface area contributed by atoms with Crippen LogP contribution in [-0.2, 0) is 0 Å². The van der Waals surface area contributed by atoms with E-state index in [0.717, 1.165) is 56.5 Å². The fraction of sp³-hybridized carbons (Fsp3) is 0.545. The van der Waals surface area contributed by atoms with E-state index < -0.39 is 0 Å². The highest BCUT2D eigenvalue weighted by Crippen LogP contribution is 2.23. The molecule has 6 heteroatoms. The van der Waals surface area contributed by atoms with Gasteiger partial charge in [0.05, 0.1) is 11.1 Å². The molecule has 28 heavy (non-hydrogen) atoms. The summed E-state index contributed by atoms with van der Waals surface area (Å²) < 4.78 is 13.6. The van der Waals surface area contributed by atoms with E-state index in [0.29, 0.717) is 17.1 Å². The van der Waals surface area contributed by atoms with Crippen LogP contribution in [0.25, 0.3) is 10.9 Å². The number of carbonyl (C=O) groups is 1. The summed E-state index contributed by atoms with van der Waals surface area (Å²) in [4.78, 5) is 24.2. The molecule has 0 N–H and O–H groups in total. The molecule has 1 saturated heterocycles. The quantitative estimate of drug-likeness (QED) is 0.765. The molecule has 0 saturated carbocycles. The van der Waals surface area contributed by atoms with Gasteiger partial charge in [-0.3, -0.25) is 9.78 Å². The molecule has 1 aromatic carbocycles. The van der Waals surface area contributed by atoms with E-state index in [9.17, 15) is 9.18 Å². The van der Waals surface area contributed by atoms with Crippen molar-refractivity contribution in [2.75, 3.05) is 47.3 Å². The first-order valence-electron chi connectivity index (χ1n) is 10.1. The van der Waals surface area contributed by atoms with Gasteiger partial charge in [0.1, 0.15) is 5.82 Å². The molecule has 0 aliphatic carbocycles. The fourth-order valence-corrected chi connectivity index (χ4v) is 4.00. The average Bonchev–Trinajstić information content (AvgIpc) is 2.66. The zero-order valence-corrected chi connectivity index (χ0v) is 17.4. The number of likely N-dealkylation sites (tertiary alicyclic amines) is 1. The number of pyridine rings is 1. The summed E-state index contributed by atoms with van der Waals surface area (Å²) in [5, 5.41) is 0.721. The van der Waals surface area contributed by atoms with Crippen molar-refractivity contribution in [2.24, 2.45) is 0 Å². The first kappa shape index (κ1) is 20.7. The molecule has 1 atom stereocenters. The number of piperidine rings is 1. The van der Waals surface area contributed by atoms with Crippen molar-refractivity contribution in [3.63, 3.8) is 0 Å². The van der Waals surface area contributed by atoms with Gasteiger partial charge in [-0.15, -0.1) is 0 Å². The van der Waals surface area contributed by atoms with E-state index in [2.05, 4.69) is 35.9 Å². The topological polar surface area (TPSA) is 39.7 Å². The number of benzene rings is 1. The summed E-state index contributed by atoms with van der Waals surface area (Å²) in [6.45, 7) is 5.45. The minimum Gasteiger partial charge on any atom is -0.337 e. The number of rotatable bonds is 6. The van der Waals surface area contributed by atoms with Gasteiger partial charge in [0, 0.05) is 36.3 Å². The Hall–Kier alpha value is -2.05. The number of carbonyl (C=O) groups excluding carboxylic acids is 1. The Kier molecular flexibility index (Phi) is 6.62. The molecule has 152 valence electrons. The third-order valence-corrected chi connectivity index (χ3v) is 5.55. The number of likely N-dealkylation sites (N-methyl/N-ethyl adjacent to an activating group) is 1. The normalized spacial score (nSPS) is 17.7. The van der Waals surface area contributed by atoms with Crippen LogP contribution < -0.4 is 0 Å². The SMILES string of the molecule is Cc1cc(C(=O)N2CCCC(N(C)CCCN(C)C)C2)c2ccc(F)cc2n1. The van der Waals surface area contributed by atoms with Crippen molar-refractivity contribution >= 4 is 16.8 Å². The largest absolute Gasteiger partial charge is 0.337 e. The molecule has 5 nitrogen and oxygen atoms in total. The number of hydrogen-bond donors (Lipinski definition) is 0. The van der Waals surface area contributed by atoms with Gasteiger partial charge in [0.15, 0.2) is 0 Å². The molecule has 2 heterocycles. The second-order valence-electron chi connectivity index (χ2n) is 8.16. The van der Waals surface area contributed by atoms with Crippen molar-refractivity contribution in [3.8, 4) is 0 Å². The van der Waals surface area contributed by atoms with E-state index in [4.69, 9.17) is 0 Å². The number of aromatic nitrogens is 1. The number of halogens is 1. The Morgan fingerprint density at radius 1 is 1.25 bits per heavy atom. The number of hydrogen-bond acceptors (Lipinski definition) is 4. The van der Waals surface area contributed by atoms with E-state index >= 15 is 0 Å². The van der Waals surface area contributed by atoms with Gasteiger partial charge >= 0.3 is 0 Å². The predicted octanol–water partition coefficient (Wildman–Crippen LogP) is 3.17. The summed E-state index contributed by atoms with van der Waals surface area (Å²) in [6, 6.07) is 6.67. The standard InChI is InChI=1S/C22H31FN4O/c1-16-13-20(19-9-8-17(23)14-21(19)24-16)22(28)27-12-5-7-18(15-27)26(4)11-6-10-25(2)3/h8-9,13-14,18H,5-7,10-12,15H2,1-4H3. The number of fused-ring (bicyclic) bond motifs is 1. The molecule has 1 aliphatic rings. The van der Waals surface area contributed by atoms with Gasteiger partial charge in [-0.05, 0) is 78.6 Å². The molecule has 0 radical (unpaired) electrons. The van der Waals surface area contributed by atoms with E-state index in [-0.39, 0.29) is 11.7 Å². The lowest BCUT2D eigenvalue weighted by molar-refractivity contribution is 0.0609. The maximum absolute atomic E-state index is 13.6. The highest BCUT2D eigenvalue weighted by atomic mass is 19.1. The smallest absolute Gasteiger partial charge is 0.254 e. The zero-order chi connectivity index (χ0) is 20.3. The molecule has 0 spiro atoms. The van der Waals surface area contributed by atoms with Crippen LogP contribution in [0.4, 0.5) is 4.39 Å². The Bertz CT molecular complexity index is 833. The van der Waals surface area contributed by atoms with Gasteiger partial charge < -0.3 is 14.7 Å². The van der Waals surface area contributed by atoms with E-state index in [1.807, 2.05) is 17.9 Å². The number of amides is 1. The number of aryl methyl sites for hydroxylation is 1. The first-order valence-corrected chi connectivity index (χ1v) is 10.1. The minimum absolute atomic E-state index is 0.0218. The van der Waals surface area contributed by atoms with Crippen molar-refractivity contribution in [1.82, 2.24) is 19.7 Å². The first-order chi connectivity index (χ1) is 13.3. The van der Waals surface area contributed by atoms with Gasteiger partial charge in [-0.25, -0.2) is 4.39 Å². The second kappa shape index (κ2) is 8.97. The van der Waals surface area contributed by atoms with Gasteiger partial charge in [0.2, 0.25) is 0 Å². The molecule has 1 unspecified atom stereocenters. The summed E-state index contributed by atoms with van der Waals surface area (Å²) in [6.07, 6.45) is 3.24. The van der Waals surface area contributed by atoms with Gasteiger partial charge in [-0.2, -0.15) is 0 Å². The van der Waals surface area contributed by atoms with Gasteiger partial charge in [0.25, 0.3) is 5.91 Å². The molecule has 1 aromatic heterocycles. The number of nitrogens with zero attached hydrogens (tertiary/aromatic N) is 4.